The molecule has 2 aromatic carbocycles. The Morgan fingerprint density at radius 1 is 1.13 bits per heavy atom. The lowest BCUT2D eigenvalue weighted by Crippen LogP contribution is -2.66. The summed E-state index contributed by atoms with van der Waals surface area (Å²) in [6.07, 6.45) is 1.70. The van der Waals surface area contributed by atoms with Crippen LogP contribution in [0.2, 0.25) is 0 Å². The Bertz CT molecular complexity index is 1010. The van der Waals surface area contributed by atoms with Gasteiger partial charge in [0.1, 0.15) is 5.82 Å². The lowest BCUT2D eigenvalue weighted by Gasteiger charge is -2.50. The van der Waals surface area contributed by atoms with Crippen LogP contribution in [0.5, 0.6) is 0 Å². The number of aliphatic hydroxyl groups is 1. The normalized spacial score (nSPS) is 18.6. The van der Waals surface area contributed by atoms with Crippen molar-refractivity contribution in [3.05, 3.63) is 68.4 Å². The summed E-state index contributed by atoms with van der Waals surface area (Å²) < 4.78 is 15.3. The van der Waals surface area contributed by atoms with E-state index in [1.54, 1.807) is 4.90 Å². The number of halogens is 6. The highest BCUT2D eigenvalue weighted by molar-refractivity contribution is 9.11. The Hall–Kier alpha value is -0.490. The van der Waals surface area contributed by atoms with Crippen molar-refractivity contribution in [2.75, 3.05) is 59.5 Å². The van der Waals surface area contributed by atoms with E-state index in [0.717, 1.165) is 66.6 Å². The van der Waals surface area contributed by atoms with E-state index < -0.39 is 0 Å². The molecule has 39 heavy (non-hydrogen) atoms. The van der Waals surface area contributed by atoms with Crippen molar-refractivity contribution < 1.29 is 14.3 Å². The molecular weight excluding hydrogens is 697 g/mol. The summed E-state index contributed by atoms with van der Waals surface area (Å²) in [7, 11) is 1.83. The number of hydrogen-bond donors (Lipinski definition) is 2. The molecule has 4 rings (SSSR count). The van der Waals surface area contributed by atoms with Crippen molar-refractivity contribution in [3.63, 3.8) is 0 Å². The fourth-order valence-corrected chi connectivity index (χ4v) is 6.65. The second kappa shape index (κ2) is 17.5. The van der Waals surface area contributed by atoms with Crippen LogP contribution in [-0.4, -0.2) is 97.3 Å². The molecule has 2 fully saturated rings. The average molecular weight is 736 g/mol. The molecule has 2 atom stereocenters. The molecule has 0 bridgehead atoms. The average Bonchev–Trinajstić information content (AvgIpc) is 2.82. The molecule has 0 saturated carbocycles. The molecule has 0 spiro atoms. The quantitative estimate of drug-likeness (QED) is 0.352. The Labute approximate surface area is 266 Å². The van der Waals surface area contributed by atoms with Gasteiger partial charge in [0.15, 0.2) is 0 Å². The summed E-state index contributed by atoms with van der Waals surface area (Å²) in [4.78, 5) is 20.0. The van der Waals surface area contributed by atoms with E-state index in [1.807, 2.05) is 37.4 Å². The number of piperazine rings is 1. The molecule has 2 aliphatic heterocycles. The summed E-state index contributed by atoms with van der Waals surface area (Å²) in [5.41, 5.74) is 1.67. The highest BCUT2D eigenvalue weighted by atomic mass is 79.9. The van der Waals surface area contributed by atoms with Gasteiger partial charge in [-0.25, -0.2) is 4.39 Å². The van der Waals surface area contributed by atoms with Crippen molar-refractivity contribution in [2.24, 2.45) is 0 Å². The topological polar surface area (TPSA) is 59.1 Å². The number of rotatable bonds is 10. The largest absolute Gasteiger partial charge is 0.396 e. The maximum atomic E-state index is 13.6. The Morgan fingerprint density at radius 2 is 1.77 bits per heavy atom. The maximum absolute atomic E-state index is 13.6. The van der Waals surface area contributed by atoms with Gasteiger partial charge >= 0.3 is 0 Å². The lowest BCUT2D eigenvalue weighted by atomic mass is 9.93. The number of benzene rings is 2. The van der Waals surface area contributed by atoms with Crippen LogP contribution in [0.4, 0.5) is 4.39 Å². The third-order valence-corrected chi connectivity index (χ3v) is 8.27. The number of hydrogen-bond acceptors (Lipinski definition) is 5. The van der Waals surface area contributed by atoms with E-state index in [9.17, 15) is 14.3 Å². The molecule has 2 aliphatic rings. The summed E-state index contributed by atoms with van der Waals surface area (Å²) in [5, 5.41) is 12.9. The fraction of sp³-hybridized carbons (Fsp3) is 0.519. The van der Waals surface area contributed by atoms with E-state index in [0.29, 0.717) is 24.2 Å². The minimum atomic E-state index is -0.250. The Kier molecular flexibility index (Phi) is 16.4. The minimum Gasteiger partial charge on any atom is -0.396 e. The third kappa shape index (κ3) is 10.1. The molecule has 6 nitrogen and oxygen atoms in total. The molecule has 12 heteroatoms. The van der Waals surface area contributed by atoms with Crippen LogP contribution in [0.1, 0.15) is 34.7 Å². The zero-order valence-electron chi connectivity index (χ0n) is 21.9. The van der Waals surface area contributed by atoms with Crippen molar-refractivity contribution in [2.45, 2.75) is 30.8 Å². The van der Waals surface area contributed by atoms with Crippen LogP contribution in [0.3, 0.4) is 0 Å². The first kappa shape index (κ1) is 36.5. The molecule has 2 saturated heterocycles. The van der Waals surface area contributed by atoms with Crippen LogP contribution in [0.15, 0.2) is 51.4 Å². The molecule has 220 valence electrons. The maximum Gasteiger partial charge on any atom is 0.253 e. The monoisotopic (exact) mass is 732 g/mol. The number of aliphatic hydroxyl groups excluding tert-OH is 1. The molecule has 2 N–H and O–H groups in total. The second-order valence-electron chi connectivity index (χ2n) is 9.90. The zero-order chi connectivity index (χ0) is 25.7. The molecule has 0 aliphatic carbocycles. The third-order valence-electron chi connectivity index (χ3n) is 7.35. The molecule has 0 aromatic heterocycles. The Morgan fingerprint density at radius 3 is 2.38 bits per heavy atom. The van der Waals surface area contributed by atoms with Gasteiger partial charge in [0.05, 0.1) is 0 Å². The zero-order valence-corrected chi connectivity index (χ0v) is 27.5. The van der Waals surface area contributed by atoms with E-state index in [2.05, 4.69) is 47.0 Å². The molecule has 2 aromatic rings. The van der Waals surface area contributed by atoms with Gasteiger partial charge in [0.2, 0.25) is 0 Å². The SMILES string of the molecule is CN(C[C@@H](CCN1CC(N2CCNCC2CCO)C1)c1ccc(F)cc1)C(=O)c1cc(Br)cc(Br)c1.Cl.Cl.Cl. The number of carbonyl (C=O) groups is 1. The van der Waals surface area contributed by atoms with Crippen LogP contribution in [0.25, 0.3) is 0 Å². The predicted octanol–water partition coefficient (Wildman–Crippen LogP) is 5.20. The first-order valence-corrected chi connectivity index (χ1v) is 14.2. The van der Waals surface area contributed by atoms with E-state index in [1.165, 1.54) is 12.1 Å². The van der Waals surface area contributed by atoms with Gasteiger partial charge in [-0.3, -0.25) is 9.69 Å². The highest BCUT2D eigenvalue weighted by Gasteiger charge is 2.36. The predicted molar refractivity (Wildman–Crippen MR) is 170 cm³/mol. The lowest BCUT2D eigenvalue weighted by molar-refractivity contribution is -0.00904. The van der Waals surface area contributed by atoms with Gasteiger partial charge in [-0.2, -0.15) is 0 Å². The number of likely N-dealkylation sites (N-methyl/N-ethyl adjacent to an activating group) is 1. The molecule has 0 radical (unpaired) electrons. The first-order chi connectivity index (χ1) is 17.3. The number of likely N-dealkylation sites (tertiary alicyclic amines) is 1. The van der Waals surface area contributed by atoms with E-state index in [-0.39, 0.29) is 61.5 Å². The molecule has 2 heterocycles. The van der Waals surface area contributed by atoms with Crippen molar-refractivity contribution in [3.8, 4) is 0 Å². The first-order valence-electron chi connectivity index (χ1n) is 12.6. The number of nitrogens with one attached hydrogen (secondary N) is 1. The van der Waals surface area contributed by atoms with Crippen LogP contribution < -0.4 is 5.32 Å². The van der Waals surface area contributed by atoms with Gasteiger partial charge in [-0.1, -0.05) is 44.0 Å². The summed E-state index contributed by atoms with van der Waals surface area (Å²) >= 11 is 6.93. The van der Waals surface area contributed by atoms with Crippen LogP contribution in [-0.2, 0) is 0 Å². The van der Waals surface area contributed by atoms with E-state index >= 15 is 0 Å². The highest BCUT2D eigenvalue weighted by Crippen LogP contribution is 2.27. The van der Waals surface area contributed by atoms with Gasteiger partial charge in [-0.15, -0.1) is 37.2 Å². The Balaban J connectivity index is 0.00000253. The molecule has 1 amide bonds. The smallest absolute Gasteiger partial charge is 0.253 e. The second-order valence-corrected chi connectivity index (χ2v) is 11.7. The van der Waals surface area contributed by atoms with Crippen LogP contribution >= 0.6 is 69.1 Å². The number of carbonyl (C=O) groups excluding carboxylic acids is 1. The van der Waals surface area contributed by atoms with Gasteiger partial charge in [0.25, 0.3) is 5.91 Å². The molecular formula is C27H38Br2Cl3FN4O2. The number of amides is 1. The van der Waals surface area contributed by atoms with Crippen molar-refractivity contribution in [1.82, 2.24) is 20.0 Å². The summed E-state index contributed by atoms with van der Waals surface area (Å²) in [6, 6.07) is 13.2. The van der Waals surface area contributed by atoms with E-state index in [4.69, 9.17) is 0 Å². The van der Waals surface area contributed by atoms with Gasteiger partial charge in [0, 0.05) is 85.4 Å². The fourth-order valence-electron chi connectivity index (χ4n) is 5.36. The standard InChI is InChI=1S/C27H35Br2FN4O2.3ClH/c1-32(27(36)21-12-22(28)14-23(29)13-21)16-20(19-2-4-24(30)5-3-19)6-9-33-17-26(18-33)34-10-8-31-15-25(34)7-11-35;;;/h2-5,12-14,20,25-26,31,35H,6-11,15-18H2,1H3;3*1H/t20-,25?;;;/m1.../s1. The van der Waals surface area contributed by atoms with Crippen LogP contribution in [0, 0.1) is 5.82 Å². The van der Waals surface area contributed by atoms with Crippen molar-refractivity contribution in [1.29, 1.82) is 0 Å². The summed E-state index contributed by atoms with van der Waals surface area (Å²) in [6.45, 7) is 6.74. The van der Waals surface area contributed by atoms with Crippen molar-refractivity contribution >= 4 is 75.0 Å². The van der Waals surface area contributed by atoms with Gasteiger partial charge in [-0.05, 0) is 55.3 Å². The minimum absolute atomic E-state index is 0. The molecule has 1 unspecified atom stereocenters. The summed E-state index contributed by atoms with van der Waals surface area (Å²) in [5.74, 6) is -0.183. The van der Waals surface area contributed by atoms with Gasteiger partial charge < -0.3 is 20.2 Å². The number of nitrogens with zero attached hydrogens (tertiary/aromatic N) is 3.